The maximum atomic E-state index is 4.45. The van der Waals surface area contributed by atoms with E-state index in [4.69, 9.17) is 0 Å². The fourth-order valence-electron chi connectivity index (χ4n) is 2.17. The summed E-state index contributed by atoms with van der Waals surface area (Å²) in [6.45, 7) is 2.21. The molecular weight excluding hydrogens is 266 g/mol. The van der Waals surface area contributed by atoms with Crippen molar-refractivity contribution in [1.29, 1.82) is 0 Å². The molecule has 0 aliphatic rings. The van der Waals surface area contributed by atoms with Gasteiger partial charge in [0.05, 0.1) is 5.51 Å². The van der Waals surface area contributed by atoms with E-state index in [9.17, 15) is 0 Å². The van der Waals surface area contributed by atoms with Gasteiger partial charge in [0.15, 0.2) is 0 Å². The van der Waals surface area contributed by atoms with Crippen molar-refractivity contribution < 1.29 is 0 Å². The standard InChI is InChI=1S/C16H17N3S/c1-11(19(2)3)12-4-6-13(7-5-12)14-8-15-16(17-9-14)20-10-18-15/h4-11H,1-3H3/t11-/m0/s1. The van der Waals surface area contributed by atoms with E-state index in [2.05, 4.69) is 66.2 Å². The first-order chi connectivity index (χ1) is 9.65. The molecule has 1 atom stereocenters. The molecule has 0 saturated heterocycles. The van der Waals surface area contributed by atoms with Crippen molar-refractivity contribution in [2.45, 2.75) is 13.0 Å². The van der Waals surface area contributed by atoms with Crippen LogP contribution in [0, 0.1) is 0 Å². The molecule has 102 valence electrons. The predicted octanol–water partition coefficient (Wildman–Crippen LogP) is 3.98. The minimum atomic E-state index is 0.420. The Balaban J connectivity index is 1.94. The van der Waals surface area contributed by atoms with Crippen LogP contribution >= 0.6 is 11.3 Å². The summed E-state index contributed by atoms with van der Waals surface area (Å²) in [6, 6.07) is 11.2. The summed E-state index contributed by atoms with van der Waals surface area (Å²) >= 11 is 1.57. The molecule has 0 N–H and O–H groups in total. The van der Waals surface area contributed by atoms with Crippen molar-refractivity contribution in [3.63, 3.8) is 0 Å². The molecular formula is C16H17N3S. The summed E-state index contributed by atoms with van der Waals surface area (Å²) in [6.07, 6.45) is 1.92. The molecule has 0 bridgehead atoms. The molecule has 0 saturated carbocycles. The Morgan fingerprint density at radius 1 is 1.05 bits per heavy atom. The highest BCUT2D eigenvalue weighted by molar-refractivity contribution is 7.16. The zero-order valence-corrected chi connectivity index (χ0v) is 12.7. The van der Waals surface area contributed by atoms with Gasteiger partial charge in [-0.05, 0) is 38.2 Å². The first kappa shape index (κ1) is 13.2. The molecule has 3 nitrogen and oxygen atoms in total. The van der Waals surface area contributed by atoms with Crippen LogP contribution in [0.5, 0.6) is 0 Å². The molecule has 0 fully saturated rings. The smallest absolute Gasteiger partial charge is 0.143 e. The normalized spacial score (nSPS) is 13.0. The Bertz CT molecular complexity index is 716. The second kappa shape index (κ2) is 5.31. The zero-order valence-electron chi connectivity index (χ0n) is 11.9. The van der Waals surface area contributed by atoms with Crippen molar-refractivity contribution in [3.05, 3.63) is 47.6 Å². The third kappa shape index (κ3) is 2.44. The molecule has 0 unspecified atom stereocenters. The Morgan fingerprint density at radius 3 is 2.50 bits per heavy atom. The minimum absolute atomic E-state index is 0.420. The highest BCUT2D eigenvalue weighted by Gasteiger charge is 2.08. The van der Waals surface area contributed by atoms with E-state index in [1.165, 1.54) is 11.1 Å². The Morgan fingerprint density at radius 2 is 1.80 bits per heavy atom. The van der Waals surface area contributed by atoms with Gasteiger partial charge in [-0.3, -0.25) is 0 Å². The first-order valence-corrected chi connectivity index (χ1v) is 7.49. The second-order valence-corrected chi connectivity index (χ2v) is 6.00. The number of benzene rings is 1. The van der Waals surface area contributed by atoms with E-state index in [-0.39, 0.29) is 0 Å². The fraction of sp³-hybridized carbons (Fsp3) is 0.250. The van der Waals surface area contributed by atoms with Gasteiger partial charge >= 0.3 is 0 Å². The number of fused-ring (bicyclic) bond motifs is 1. The van der Waals surface area contributed by atoms with Gasteiger partial charge in [0.2, 0.25) is 0 Å². The molecule has 1 aromatic carbocycles. The lowest BCUT2D eigenvalue weighted by molar-refractivity contribution is 0.321. The summed E-state index contributed by atoms with van der Waals surface area (Å²) in [5.41, 5.74) is 6.43. The molecule has 0 amide bonds. The maximum absolute atomic E-state index is 4.45. The lowest BCUT2D eigenvalue weighted by Crippen LogP contribution is -2.16. The van der Waals surface area contributed by atoms with Crippen LogP contribution in [-0.4, -0.2) is 29.0 Å². The lowest BCUT2D eigenvalue weighted by Gasteiger charge is -2.20. The van der Waals surface area contributed by atoms with Gasteiger partial charge in [-0.2, -0.15) is 0 Å². The highest BCUT2D eigenvalue weighted by Crippen LogP contribution is 2.26. The van der Waals surface area contributed by atoms with Crippen LogP contribution in [-0.2, 0) is 0 Å². The van der Waals surface area contributed by atoms with Gasteiger partial charge in [-0.15, -0.1) is 11.3 Å². The van der Waals surface area contributed by atoms with E-state index in [1.54, 1.807) is 11.3 Å². The van der Waals surface area contributed by atoms with Gasteiger partial charge in [-0.1, -0.05) is 24.3 Å². The quantitative estimate of drug-likeness (QED) is 0.728. The predicted molar refractivity (Wildman–Crippen MR) is 85.0 cm³/mol. The minimum Gasteiger partial charge on any atom is -0.303 e. The van der Waals surface area contributed by atoms with Crippen molar-refractivity contribution >= 4 is 21.7 Å². The van der Waals surface area contributed by atoms with Gasteiger partial charge < -0.3 is 4.90 Å². The molecule has 0 aliphatic heterocycles. The van der Waals surface area contributed by atoms with Gasteiger partial charge in [0.1, 0.15) is 10.3 Å². The Kier molecular flexibility index (Phi) is 3.51. The molecule has 0 aliphatic carbocycles. The number of hydrogen-bond acceptors (Lipinski definition) is 4. The number of nitrogens with zero attached hydrogens (tertiary/aromatic N) is 3. The zero-order chi connectivity index (χ0) is 14.1. The Hall–Kier alpha value is -1.78. The van der Waals surface area contributed by atoms with Crippen LogP contribution in [0.3, 0.4) is 0 Å². The van der Waals surface area contributed by atoms with E-state index in [0.717, 1.165) is 15.9 Å². The van der Waals surface area contributed by atoms with E-state index in [0.29, 0.717) is 6.04 Å². The largest absolute Gasteiger partial charge is 0.303 e. The van der Waals surface area contributed by atoms with Gasteiger partial charge in [0, 0.05) is 17.8 Å². The van der Waals surface area contributed by atoms with Crippen LogP contribution in [0.1, 0.15) is 18.5 Å². The van der Waals surface area contributed by atoms with E-state index >= 15 is 0 Å². The number of pyridine rings is 1. The number of thiazole rings is 1. The van der Waals surface area contributed by atoms with Crippen molar-refractivity contribution in [2.24, 2.45) is 0 Å². The maximum Gasteiger partial charge on any atom is 0.143 e. The van der Waals surface area contributed by atoms with Crippen molar-refractivity contribution in [3.8, 4) is 11.1 Å². The summed E-state index contributed by atoms with van der Waals surface area (Å²) in [4.78, 5) is 12.0. The van der Waals surface area contributed by atoms with Gasteiger partial charge in [0.25, 0.3) is 0 Å². The van der Waals surface area contributed by atoms with Crippen molar-refractivity contribution in [2.75, 3.05) is 14.1 Å². The number of rotatable bonds is 3. The van der Waals surface area contributed by atoms with Crippen LogP contribution in [0.2, 0.25) is 0 Å². The van der Waals surface area contributed by atoms with E-state index in [1.807, 2.05) is 11.7 Å². The molecule has 0 spiro atoms. The molecule has 3 aromatic rings. The average molecular weight is 283 g/mol. The Labute approximate surface area is 122 Å². The molecule has 0 radical (unpaired) electrons. The summed E-state index contributed by atoms with van der Waals surface area (Å²) in [7, 11) is 4.19. The van der Waals surface area contributed by atoms with Crippen molar-refractivity contribution in [1.82, 2.24) is 14.9 Å². The lowest BCUT2D eigenvalue weighted by atomic mass is 10.0. The average Bonchev–Trinajstić information content (AvgIpc) is 2.94. The molecule has 20 heavy (non-hydrogen) atoms. The third-order valence-corrected chi connectivity index (χ3v) is 4.44. The molecule has 4 heteroatoms. The second-order valence-electron chi connectivity index (χ2n) is 5.16. The van der Waals surface area contributed by atoms with Crippen LogP contribution < -0.4 is 0 Å². The number of hydrogen-bond donors (Lipinski definition) is 0. The van der Waals surface area contributed by atoms with Crippen LogP contribution in [0.4, 0.5) is 0 Å². The molecule has 2 heterocycles. The summed E-state index contributed by atoms with van der Waals surface area (Å²) < 4.78 is 0. The monoisotopic (exact) mass is 283 g/mol. The summed E-state index contributed by atoms with van der Waals surface area (Å²) in [5, 5.41) is 0. The molecule has 3 rings (SSSR count). The molecule has 2 aromatic heterocycles. The van der Waals surface area contributed by atoms with Crippen LogP contribution in [0.25, 0.3) is 21.5 Å². The topological polar surface area (TPSA) is 29.0 Å². The number of aromatic nitrogens is 2. The van der Waals surface area contributed by atoms with E-state index < -0.39 is 0 Å². The fourth-order valence-corrected chi connectivity index (χ4v) is 2.78. The third-order valence-electron chi connectivity index (χ3n) is 3.69. The highest BCUT2D eigenvalue weighted by atomic mass is 32.1. The van der Waals surface area contributed by atoms with Gasteiger partial charge in [-0.25, -0.2) is 9.97 Å². The first-order valence-electron chi connectivity index (χ1n) is 6.61. The van der Waals surface area contributed by atoms with Crippen LogP contribution in [0.15, 0.2) is 42.0 Å². The SMILES string of the molecule is C[C@@H](c1ccc(-c2cnc3scnc3c2)cc1)N(C)C. The summed E-state index contributed by atoms with van der Waals surface area (Å²) in [5.74, 6) is 0.